The molecule has 2 aromatic rings. The molecule has 0 aromatic heterocycles. The van der Waals surface area contributed by atoms with E-state index >= 15 is 0 Å². The highest BCUT2D eigenvalue weighted by Gasteiger charge is 2.16. The summed E-state index contributed by atoms with van der Waals surface area (Å²) in [7, 11) is 0. The molecule has 0 amide bonds. The molecule has 94 valence electrons. The molecule has 0 bridgehead atoms. The summed E-state index contributed by atoms with van der Waals surface area (Å²) in [6.45, 7) is 1.71. The van der Waals surface area contributed by atoms with Gasteiger partial charge in [-0.2, -0.15) is 0 Å². The summed E-state index contributed by atoms with van der Waals surface area (Å²) in [5.74, 6) is -0.233. The zero-order valence-electron chi connectivity index (χ0n) is 9.55. The van der Waals surface area contributed by atoms with Crippen LogP contribution in [0.15, 0.2) is 40.9 Å². The third-order valence-electron chi connectivity index (χ3n) is 2.73. The number of alkyl halides is 1. The molecule has 0 aliphatic heterocycles. The van der Waals surface area contributed by atoms with Crippen molar-refractivity contribution in [1.82, 2.24) is 0 Å². The van der Waals surface area contributed by atoms with Crippen LogP contribution in [0.5, 0.6) is 0 Å². The Kier molecular flexibility index (Phi) is 4.31. The Morgan fingerprint density at radius 2 is 1.94 bits per heavy atom. The van der Waals surface area contributed by atoms with Gasteiger partial charge in [0.1, 0.15) is 5.82 Å². The molecule has 0 aliphatic rings. The Bertz CT molecular complexity index is 584. The van der Waals surface area contributed by atoms with Gasteiger partial charge in [0.2, 0.25) is 0 Å². The average molecular weight is 348 g/mol. The lowest BCUT2D eigenvalue weighted by molar-refractivity contribution is 0.617. The van der Waals surface area contributed by atoms with E-state index in [9.17, 15) is 4.39 Å². The van der Waals surface area contributed by atoms with Crippen LogP contribution in [0.1, 0.15) is 22.1 Å². The molecule has 1 atom stereocenters. The summed E-state index contributed by atoms with van der Waals surface area (Å²) in [6, 6.07) is 10.4. The van der Waals surface area contributed by atoms with Crippen LogP contribution in [0.2, 0.25) is 5.02 Å². The van der Waals surface area contributed by atoms with Crippen molar-refractivity contribution in [2.24, 2.45) is 0 Å². The maximum atomic E-state index is 13.2. The molecule has 1 unspecified atom stereocenters. The number of hydrogen-bond acceptors (Lipinski definition) is 0. The molecule has 0 saturated carbocycles. The Labute approximate surface area is 124 Å². The number of rotatable bonds is 2. The molecule has 0 aliphatic carbocycles. The van der Waals surface area contributed by atoms with Gasteiger partial charge in [-0.3, -0.25) is 0 Å². The first-order valence-electron chi connectivity index (χ1n) is 5.34. The minimum Gasteiger partial charge on any atom is -0.207 e. The van der Waals surface area contributed by atoms with Gasteiger partial charge in [-0.05, 0) is 51.7 Å². The first-order valence-corrected chi connectivity index (χ1v) is 6.95. The molecule has 0 heterocycles. The normalized spacial score (nSPS) is 12.5. The quantitative estimate of drug-likeness (QED) is 0.595. The number of hydrogen-bond donors (Lipinski definition) is 0. The Morgan fingerprint density at radius 3 is 2.61 bits per heavy atom. The zero-order valence-corrected chi connectivity index (χ0v) is 12.7. The van der Waals surface area contributed by atoms with Gasteiger partial charge in [0.15, 0.2) is 0 Å². The second kappa shape index (κ2) is 5.60. The van der Waals surface area contributed by atoms with Crippen LogP contribution in [-0.2, 0) is 0 Å². The summed E-state index contributed by atoms with van der Waals surface area (Å²) in [6.07, 6.45) is 0. The predicted octanol–water partition coefficient (Wildman–Crippen LogP) is 5.88. The van der Waals surface area contributed by atoms with Gasteiger partial charge in [-0.25, -0.2) is 4.39 Å². The van der Waals surface area contributed by atoms with Crippen molar-refractivity contribution in [3.8, 4) is 0 Å². The van der Waals surface area contributed by atoms with Gasteiger partial charge >= 0.3 is 0 Å². The standard InChI is InChI=1S/C14H10BrCl2F/c1-8-7-9(5-6-12(8)18)13(16)10-3-2-4-11(15)14(10)17/h2-7,13H,1H3. The second-order valence-electron chi connectivity index (χ2n) is 4.01. The fraction of sp³-hybridized carbons (Fsp3) is 0.143. The summed E-state index contributed by atoms with van der Waals surface area (Å²) >= 11 is 16.0. The topological polar surface area (TPSA) is 0 Å². The molecule has 0 nitrogen and oxygen atoms in total. The van der Waals surface area contributed by atoms with E-state index in [0.717, 1.165) is 15.6 Å². The highest BCUT2D eigenvalue weighted by molar-refractivity contribution is 9.10. The van der Waals surface area contributed by atoms with E-state index in [-0.39, 0.29) is 5.82 Å². The molecule has 18 heavy (non-hydrogen) atoms. The van der Waals surface area contributed by atoms with Crippen molar-refractivity contribution in [1.29, 1.82) is 0 Å². The van der Waals surface area contributed by atoms with Gasteiger partial charge in [0.05, 0.1) is 10.4 Å². The van der Waals surface area contributed by atoms with Gasteiger partial charge in [0.25, 0.3) is 0 Å². The Morgan fingerprint density at radius 1 is 1.22 bits per heavy atom. The molecular weight excluding hydrogens is 338 g/mol. The molecule has 2 rings (SSSR count). The highest BCUT2D eigenvalue weighted by Crippen LogP contribution is 2.37. The van der Waals surface area contributed by atoms with Crippen molar-refractivity contribution in [2.45, 2.75) is 12.3 Å². The Hall–Kier alpha value is -0.570. The van der Waals surface area contributed by atoms with Crippen LogP contribution in [-0.4, -0.2) is 0 Å². The SMILES string of the molecule is Cc1cc(C(Cl)c2cccc(Br)c2Cl)ccc1F. The molecular formula is C14H10BrCl2F. The molecule has 0 saturated heterocycles. The number of benzene rings is 2. The van der Waals surface area contributed by atoms with Crippen molar-refractivity contribution in [3.63, 3.8) is 0 Å². The molecule has 4 heteroatoms. The minimum atomic E-state index is -0.394. The van der Waals surface area contributed by atoms with Crippen LogP contribution in [0.25, 0.3) is 0 Å². The maximum absolute atomic E-state index is 13.2. The number of halogens is 4. The largest absolute Gasteiger partial charge is 0.207 e. The lowest BCUT2D eigenvalue weighted by Crippen LogP contribution is -1.96. The molecule has 0 radical (unpaired) electrons. The smallest absolute Gasteiger partial charge is 0.126 e. The third kappa shape index (κ3) is 2.71. The van der Waals surface area contributed by atoms with Crippen LogP contribution in [0.4, 0.5) is 4.39 Å². The van der Waals surface area contributed by atoms with Gasteiger partial charge in [0, 0.05) is 4.47 Å². The Balaban J connectivity index is 2.44. The fourth-order valence-corrected chi connectivity index (χ4v) is 2.71. The predicted molar refractivity (Wildman–Crippen MR) is 78.0 cm³/mol. The molecule has 2 aromatic carbocycles. The van der Waals surface area contributed by atoms with Crippen LogP contribution in [0, 0.1) is 12.7 Å². The van der Waals surface area contributed by atoms with Crippen molar-refractivity contribution >= 4 is 39.1 Å². The van der Waals surface area contributed by atoms with E-state index in [4.69, 9.17) is 23.2 Å². The minimum absolute atomic E-state index is 0.233. The lowest BCUT2D eigenvalue weighted by Gasteiger charge is -2.14. The second-order valence-corrected chi connectivity index (χ2v) is 5.68. The van der Waals surface area contributed by atoms with E-state index in [1.54, 1.807) is 19.1 Å². The van der Waals surface area contributed by atoms with E-state index in [1.807, 2.05) is 18.2 Å². The van der Waals surface area contributed by atoms with E-state index in [1.165, 1.54) is 6.07 Å². The van der Waals surface area contributed by atoms with Gasteiger partial charge in [-0.1, -0.05) is 35.9 Å². The van der Waals surface area contributed by atoms with E-state index in [2.05, 4.69) is 15.9 Å². The first kappa shape index (κ1) is 13.9. The third-order valence-corrected chi connectivity index (χ3v) is 4.53. The molecule has 0 spiro atoms. The molecule has 0 fully saturated rings. The van der Waals surface area contributed by atoms with Crippen LogP contribution in [0.3, 0.4) is 0 Å². The lowest BCUT2D eigenvalue weighted by atomic mass is 10.0. The number of aryl methyl sites for hydroxylation is 1. The van der Waals surface area contributed by atoms with Crippen molar-refractivity contribution in [3.05, 3.63) is 68.4 Å². The van der Waals surface area contributed by atoms with Gasteiger partial charge < -0.3 is 0 Å². The summed E-state index contributed by atoms with van der Waals surface area (Å²) in [5.41, 5.74) is 2.21. The zero-order chi connectivity index (χ0) is 13.3. The summed E-state index contributed by atoms with van der Waals surface area (Å²) < 4.78 is 14.0. The summed E-state index contributed by atoms with van der Waals surface area (Å²) in [4.78, 5) is 0. The van der Waals surface area contributed by atoms with Gasteiger partial charge in [-0.15, -0.1) is 11.6 Å². The fourth-order valence-electron chi connectivity index (χ4n) is 1.72. The average Bonchev–Trinajstić information content (AvgIpc) is 2.35. The van der Waals surface area contributed by atoms with Crippen molar-refractivity contribution in [2.75, 3.05) is 0 Å². The monoisotopic (exact) mass is 346 g/mol. The first-order chi connectivity index (χ1) is 8.50. The van der Waals surface area contributed by atoms with Crippen LogP contribution >= 0.6 is 39.1 Å². The summed E-state index contributed by atoms with van der Waals surface area (Å²) in [5, 5.41) is 0.189. The van der Waals surface area contributed by atoms with Crippen LogP contribution < -0.4 is 0 Å². The van der Waals surface area contributed by atoms with E-state index in [0.29, 0.717) is 10.6 Å². The maximum Gasteiger partial charge on any atom is 0.126 e. The van der Waals surface area contributed by atoms with E-state index < -0.39 is 5.38 Å². The van der Waals surface area contributed by atoms with Crippen molar-refractivity contribution < 1.29 is 4.39 Å². The molecule has 0 N–H and O–H groups in total. The highest BCUT2D eigenvalue weighted by atomic mass is 79.9.